The molecule has 0 aliphatic heterocycles. The van der Waals surface area contributed by atoms with Gasteiger partial charge in [-0.15, -0.1) is 0 Å². The fourth-order valence-electron chi connectivity index (χ4n) is 2.84. The summed E-state index contributed by atoms with van der Waals surface area (Å²) in [5, 5.41) is 6.36. The van der Waals surface area contributed by atoms with E-state index in [-0.39, 0.29) is 5.91 Å². The lowest BCUT2D eigenvalue weighted by Gasteiger charge is -2.13. The molecule has 0 heterocycles. The van der Waals surface area contributed by atoms with Crippen LogP contribution >= 0.6 is 0 Å². The Morgan fingerprint density at radius 1 is 0.957 bits per heavy atom. The zero-order chi connectivity index (χ0) is 16.7. The maximum absolute atomic E-state index is 11.9. The summed E-state index contributed by atoms with van der Waals surface area (Å²) in [4.78, 5) is 11.9. The van der Waals surface area contributed by atoms with Gasteiger partial charge in [0.05, 0.1) is 0 Å². The first-order valence-corrected chi connectivity index (χ1v) is 8.18. The smallest absolute Gasteiger partial charge is 0.221 e. The second kappa shape index (κ2) is 8.37. The molecule has 2 aromatic carbocycles. The molecule has 0 spiro atoms. The Morgan fingerprint density at radius 2 is 1.61 bits per heavy atom. The first-order chi connectivity index (χ1) is 11.1. The van der Waals surface area contributed by atoms with Crippen molar-refractivity contribution in [3.05, 3.63) is 64.7 Å². The van der Waals surface area contributed by atoms with E-state index in [0.29, 0.717) is 19.5 Å². The SMILES string of the molecule is Cc1cc(C)c(NCCC(=O)NCCc2ccccc2)c(C)c1. The van der Waals surface area contributed by atoms with Crippen LogP contribution in [0, 0.1) is 20.8 Å². The average molecular weight is 310 g/mol. The molecule has 2 aromatic rings. The lowest BCUT2D eigenvalue weighted by Crippen LogP contribution is -2.27. The van der Waals surface area contributed by atoms with Crippen LogP contribution in [0.15, 0.2) is 42.5 Å². The van der Waals surface area contributed by atoms with Gasteiger partial charge in [0, 0.05) is 25.2 Å². The van der Waals surface area contributed by atoms with E-state index in [1.807, 2.05) is 18.2 Å². The normalized spacial score (nSPS) is 10.4. The van der Waals surface area contributed by atoms with Gasteiger partial charge in [-0.1, -0.05) is 48.0 Å². The van der Waals surface area contributed by atoms with Gasteiger partial charge in [0.2, 0.25) is 5.91 Å². The minimum atomic E-state index is 0.0934. The molecular weight excluding hydrogens is 284 g/mol. The van der Waals surface area contributed by atoms with E-state index in [1.165, 1.54) is 22.3 Å². The van der Waals surface area contributed by atoms with Crippen LogP contribution in [0.5, 0.6) is 0 Å². The van der Waals surface area contributed by atoms with E-state index in [9.17, 15) is 4.79 Å². The number of carbonyl (C=O) groups is 1. The average Bonchev–Trinajstić information content (AvgIpc) is 2.51. The molecule has 0 saturated heterocycles. The van der Waals surface area contributed by atoms with Crippen LogP contribution in [-0.2, 0) is 11.2 Å². The molecule has 0 radical (unpaired) electrons. The fraction of sp³-hybridized carbons (Fsp3) is 0.350. The lowest BCUT2D eigenvalue weighted by atomic mass is 10.1. The molecule has 3 heteroatoms. The van der Waals surface area contributed by atoms with E-state index in [2.05, 4.69) is 55.7 Å². The molecule has 0 fully saturated rings. The van der Waals surface area contributed by atoms with Crippen molar-refractivity contribution in [3.8, 4) is 0 Å². The third-order valence-electron chi connectivity index (χ3n) is 3.91. The first-order valence-electron chi connectivity index (χ1n) is 8.18. The second-order valence-electron chi connectivity index (χ2n) is 6.04. The summed E-state index contributed by atoms with van der Waals surface area (Å²) in [6.07, 6.45) is 1.36. The highest BCUT2D eigenvalue weighted by Crippen LogP contribution is 2.21. The highest BCUT2D eigenvalue weighted by Gasteiger charge is 2.05. The second-order valence-corrected chi connectivity index (χ2v) is 6.04. The third-order valence-corrected chi connectivity index (χ3v) is 3.91. The topological polar surface area (TPSA) is 41.1 Å². The molecule has 0 unspecified atom stereocenters. The Bertz CT molecular complexity index is 627. The molecule has 3 nitrogen and oxygen atoms in total. The Morgan fingerprint density at radius 3 is 2.26 bits per heavy atom. The van der Waals surface area contributed by atoms with Crippen LogP contribution in [0.4, 0.5) is 5.69 Å². The molecule has 2 rings (SSSR count). The van der Waals surface area contributed by atoms with Crippen molar-refractivity contribution in [1.29, 1.82) is 0 Å². The van der Waals surface area contributed by atoms with Gasteiger partial charge in [0.1, 0.15) is 0 Å². The largest absolute Gasteiger partial charge is 0.384 e. The van der Waals surface area contributed by atoms with Crippen LogP contribution in [0.25, 0.3) is 0 Å². The Kier molecular flexibility index (Phi) is 6.21. The van der Waals surface area contributed by atoms with Gasteiger partial charge in [0.25, 0.3) is 0 Å². The molecular formula is C20H26N2O. The predicted octanol–water partition coefficient (Wildman–Crippen LogP) is 3.77. The Hall–Kier alpha value is -2.29. The summed E-state index contributed by atoms with van der Waals surface area (Å²) in [7, 11) is 0. The summed E-state index contributed by atoms with van der Waals surface area (Å²) in [6, 6.07) is 14.5. The first kappa shape index (κ1) is 17.1. The highest BCUT2D eigenvalue weighted by atomic mass is 16.1. The van der Waals surface area contributed by atoms with Crippen molar-refractivity contribution < 1.29 is 4.79 Å². The van der Waals surface area contributed by atoms with Gasteiger partial charge in [-0.05, 0) is 43.9 Å². The number of amides is 1. The molecule has 0 aliphatic rings. The monoisotopic (exact) mass is 310 g/mol. The quantitative estimate of drug-likeness (QED) is 0.817. The summed E-state index contributed by atoms with van der Waals surface area (Å²) in [5.74, 6) is 0.0934. The van der Waals surface area contributed by atoms with Crippen LogP contribution < -0.4 is 10.6 Å². The van der Waals surface area contributed by atoms with Gasteiger partial charge in [-0.3, -0.25) is 4.79 Å². The molecule has 1 amide bonds. The lowest BCUT2D eigenvalue weighted by molar-refractivity contribution is -0.120. The minimum absolute atomic E-state index is 0.0934. The van der Waals surface area contributed by atoms with Crippen molar-refractivity contribution in [2.45, 2.75) is 33.6 Å². The summed E-state index contributed by atoms with van der Waals surface area (Å²) < 4.78 is 0. The number of hydrogen-bond donors (Lipinski definition) is 2. The molecule has 2 N–H and O–H groups in total. The van der Waals surface area contributed by atoms with Crippen LogP contribution in [0.3, 0.4) is 0 Å². The third kappa shape index (κ3) is 5.44. The Labute approximate surface area is 139 Å². The zero-order valence-corrected chi connectivity index (χ0v) is 14.3. The number of nitrogens with one attached hydrogen (secondary N) is 2. The van der Waals surface area contributed by atoms with Gasteiger partial charge in [-0.25, -0.2) is 0 Å². The molecule has 23 heavy (non-hydrogen) atoms. The molecule has 0 aromatic heterocycles. The van der Waals surface area contributed by atoms with Crippen LogP contribution in [-0.4, -0.2) is 19.0 Å². The van der Waals surface area contributed by atoms with E-state index in [1.54, 1.807) is 0 Å². The van der Waals surface area contributed by atoms with Crippen molar-refractivity contribution in [3.63, 3.8) is 0 Å². The van der Waals surface area contributed by atoms with Gasteiger partial charge in [0.15, 0.2) is 0 Å². The van der Waals surface area contributed by atoms with E-state index in [0.717, 1.165) is 12.1 Å². The summed E-state index contributed by atoms with van der Waals surface area (Å²) in [6.45, 7) is 7.64. The predicted molar refractivity (Wildman–Crippen MR) is 96.9 cm³/mol. The zero-order valence-electron chi connectivity index (χ0n) is 14.3. The molecule has 0 saturated carbocycles. The number of rotatable bonds is 7. The van der Waals surface area contributed by atoms with Crippen molar-refractivity contribution in [2.75, 3.05) is 18.4 Å². The van der Waals surface area contributed by atoms with Crippen LogP contribution in [0.1, 0.15) is 28.7 Å². The summed E-state index contributed by atoms with van der Waals surface area (Å²) >= 11 is 0. The van der Waals surface area contributed by atoms with Gasteiger partial charge >= 0.3 is 0 Å². The van der Waals surface area contributed by atoms with Gasteiger partial charge < -0.3 is 10.6 Å². The van der Waals surface area contributed by atoms with E-state index >= 15 is 0 Å². The standard InChI is InChI=1S/C20H26N2O/c1-15-13-16(2)20(17(3)14-15)22-12-10-19(23)21-11-9-18-7-5-4-6-8-18/h4-8,13-14,22H,9-12H2,1-3H3,(H,21,23). The molecule has 0 bridgehead atoms. The minimum Gasteiger partial charge on any atom is -0.384 e. The number of carbonyl (C=O) groups excluding carboxylic acids is 1. The van der Waals surface area contributed by atoms with Crippen molar-refractivity contribution in [1.82, 2.24) is 5.32 Å². The summed E-state index contributed by atoms with van der Waals surface area (Å²) in [5.41, 5.74) is 6.12. The molecule has 0 atom stereocenters. The number of aryl methyl sites for hydroxylation is 3. The molecule has 0 aliphatic carbocycles. The van der Waals surface area contributed by atoms with E-state index in [4.69, 9.17) is 0 Å². The molecule has 122 valence electrons. The maximum Gasteiger partial charge on any atom is 0.221 e. The fourth-order valence-corrected chi connectivity index (χ4v) is 2.84. The number of hydrogen-bond acceptors (Lipinski definition) is 2. The van der Waals surface area contributed by atoms with Crippen molar-refractivity contribution in [2.24, 2.45) is 0 Å². The Balaban J connectivity index is 1.71. The van der Waals surface area contributed by atoms with E-state index < -0.39 is 0 Å². The highest BCUT2D eigenvalue weighted by molar-refractivity contribution is 5.76. The van der Waals surface area contributed by atoms with Crippen molar-refractivity contribution >= 4 is 11.6 Å². The number of anilines is 1. The van der Waals surface area contributed by atoms with Gasteiger partial charge in [-0.2, -0.15) is 0 Å². The number of benzene rings is 2. The van der Waals surface area contributed by atoms with Crippen LogP contribution in [0.2, 0.25) is 0 Å². The maximum atomic E-state index is 11.9.